The van der Waals surface area contributed by atoms with E-state index in [1.807, 2.05) is 80.3 Å². The molecule has 0 bridgehead atoms. The van der Waals surface area contributed by atoms with Gasteiger partial charge >= 0.3 is 0 Å². The van der Waals surface area contributed by atoms with E-state index < -0.39 is 0 Å². The minimum absolute atomic E-state index is 0.0320. The molecule has 2 amide bonds. The lowest BCUT2D eigenvalue weighted by atomic mass is 10.00. The number of fused-ring (bicyclic) bond motifs is 1. The van der Waals surface area contributed by atoms with Crippen LogP contribution in [-0.2, 0) is 22.4 Å². The van der Waals surface area contributed by atoms with Gasteiger partial charge in [-0.1, -0.05) is 48.5 Å². The van der Waals surface area contributed by atoms with Gasteiger partial charge in [0.2, 0.25) is 11.8 Å². The lowest BCUT2D eigenvalue weighted by molar-refractivity contribution is -0.143. The molecule has 34 heavy (non-hydrogen) atoms. The SMILES string of the molecule is Cc1ccccc1OC[C@H]1c2ccsc2CCN1C(=O)CN(C(=O)Cc1ccccc1)C(C)C. The second-order valence-corrected chi connectivity index (χ2v) is 10.0. The first-order valence-corrected chi connectivity index (χ1v) is 12.7. The molecule has 178 valence electrons. The molecule has 1 aliphatic rings. The summed E-state index contributed by atoms with van der Waals surface area (Å²) in [5.41, 5.74) is 3.18. The van der Waals surface area contributed by atoms with Crippen LogP contribution < -0.4 is 4.74 Å². The summed E-state index contributed by atoms with van der Waals surface area (Å²) in [6, 6.07) is 19.5. The minimum Gasteiger partial charge on any atom is -0.491 e. The monoisotopic (exact) mass is 476 g/mol. The zero-order chi connectivity index (χ0) is 24.1. The maximum absolute atomic E-state index is 13.6. The number of rotatable bonds is 8. The Bertz CT molecular complexity index is 1130. The van der Waals surface area contributed by atoms with Gasteiger partial charge in [0.25, 0.3) is 0 Å². The molecule has 2 aromatic carbocycles. The number of hydrogen-bond acceptors (Lipinski definition) is 4. The van der Waals surface area contributed by atoms with E-state index in [0.717, 1.165) is 28.9 Å². The van der Waals surface area contributed by atoms with Gasteiger partial charge in [-0.3, -0.25) is 9.59 Å². The molecular formula is C28H32N2O3S. The van der Waals surface area contributed by atoms with Crippen LogP contribution in [0.15, 0.2) is 66.0 Å². The Morgan fingerprint density at radius 3 is 2.56 bits per heavy atom. The molecule has 1 atom stereocenters. The maximum Gasteiger partial charge on any atom is 0.242 e. The van der Waals surface area contributed by atoms with Crippen molar-refractivity contribution in [3.8, 4) is 5.75 Å². The third kappa shape index (κ3) is 5.50. The van der Waals surface area contributed by atoms with Crippen LogP contribution in [-0.4, -0.2) is 47.4 Å². The van der Waals surface area contributed by atoms with Gasteiger partial charge < -0.3 is 14.5 Å². The highest BCUT2D eigenvalue weighted by molar-refractivity contribution is 7.10. The Morgan fingerprint density at radius 1 is 1.09 bits per heavy atom. The molecule has 1 aromatic heterocycles. The largest absolute Gasteiger partial charge is 0.491 e. The highest BCUT2D eigenvalue weighted by atomic mass is 32.1. The number of benzene rings is 2. The number of carbonyl (C=O) groups is 2. The number of carbonyl (C=O) groups excluding carboxylic acids is 2. The van der Waals surface area contributed by atoms with Gasteiger partial charge in [0.15, 0.2) is 0 Å². The van der Waals surface area contributed by atoms with E-state index in [4.69, 9.17) is 4.74 Å². The molecule has 0 N–H and O–H groups in total. The Hall–Kier alpha value is -3.12. The van der Waals surface area contributed by atoms with Crippen molar-refractivity contribution in [1.29, 1.82) is 0 Å². The summed E-state index contributed by atoms with van der Waals surface area (Å²) in [7, 11) is 0. The molecule has 2 heterocycles. The minimum atomic E-state index is -0.166. The lowest BCUT2D eigenvalue weighted by Crippen LogP contribution is -2.49. The van der Waals surface area contributed by atoms with Crippen LogP contribution in [0.2, 0.25) is 0 Å². The summed E-state index contributed by atoms with van der Waals surface area (Å²) in [5.74, 6) is 0.764. The molecule has 0 saturated heterocycles. The van der Waals surface area contributed by atoms with Gasteiger partial charge in [-0.25, -0.2) is 0 Å². The summed E-state index contributed by atoms with van der Waals surface area (Å²) in [5, 5.41) is 2.09. The van der Waals surface area contributed by atoms with E-state index >= 15 is 0 Å². The fourth-order valence-electron chi connectivity index (χ4n) is 4.43. The van der Waals surface area contributed by atoms with E-state index in [9.17, 15) is 9.59 Å². The fraction of sp³-hybridized carbons (Fsp3) is 0.357. The van der Waals surface area contributed by atoms with Crippen LogP contribution in [0.3, 0.4) is 0 Å². The van der Waals surface area contributed by atoms with Crippen molar-refractivity contribution in [2.75, 3.05) is 19.7 Å². The van der Waals surface area contributed by atoms with Gasteiger partial charge in [-0.15, -0.1) is 11.3 Å². The number of para-hydroxylation sites is 1. The predicted octanol–water partition coefficient (Wildman–Crippen LogP) is 5.04. The third-order valence-corrected chi connectivity index (χ3v) is 7.35. The first-order valence-electron chi connectivity index (χ1n) is 11.8. The molecule has 6 heteroatoms. The summed E-state index contributed by atoms with van der Waals surface area (Å²) >= 11 is 1.73. The fourth-order valence-corrected chi connectivity index (χ4v) is 5.36. The van der Waals surface area contributed by atoms with E-state index in [1.54, 1.807) is 16.2 Å². The first kappa shape index (κ1) is 24.0. The third-order valence-electron chi connectivity index (χ3n) is 6.35. The topological polar surface area (TPSA) is 49.9 Å². The molecule has 4 rings (SSSR count). The smallest absolute Gasteiger partial charge is 0.242 e. The summed E-state index contributed by atoms with van der Waals surface area (Å²) in [4.78, 5) is 31.6. The van der Waals surface area contributed by atoms with Crippen molar-refractivity contribution < 1.29 is 14.3 Å². The Labute approximate surface area is 206 Å². The average Bonchev–Trinajstić information content (AvgIpc) is 3.31. The van der Waals surface area contributed by atoms with Crippen molar-refractivity contribution in [2.45, 2.75) is 45.7 Å². The standard InChI is InChI=1S/C28H32N2O3S/c1-20(2)30(27(31)17-22-10-5-4-6-11-22)18-28(32)29-15-13-26-23(14-16-34-26)24(29)19-33-25-12-8-7-9-21(25)3/h4-12,14,16,20,24H,13,15,17-19H2,1-3H3/t24-/m0/s1. The quantitative estimate of drug-likeness (QED) is 0.458. The molecule has 0 saturated carbocycles. The number of ether oxygens (including phenoxy) is 1. The van der Waals surface area contributed by atoms with Gasteiger partial charge in [0.05, 0.1) is 12.5 Å². The maximum atomic E-state index is 13.6. The van der Waals surface area contributed by atoms with Crippen molar-refractivity contribution >= 4 is 23.2 Å². The molecular weight excluding hydrogens is 444 g/mol. The first-order chi connectivity index (χ1) is 16.4. The predicted molar refractivity (Wildman–Crippen MR) is 136 cm³/mol. The zero-order valence-electron chi connectivity index (χ0n) is 20.1. The lowest BCUT2D eigenvalue weighted by Gasteiger charge is -2.37. The zero-order valence-corrected chi connectivity index (χ0v) is 20.9. The highest BCUT2D eigenvalue weighted by Crippen LogP contribution is 2.34. The molecule has 0 fully saturated rings. The number of amides is 2. The molecule has 5 nitrogen and oxygen atoms in total. The number of thiophene rings is 1. The second kappa shape index (κ2) is 10.9. The summed E-state index contributed by atoms with van der Waals surface area (Å²) < 4.78 is 6.19. The van der Waals surface area contributed by atoms with Gasteiger partial charge in [0.1, 0.15) is 18.9 Å². The Morgan fingerprint density at radius 2 is 1.82 bits per heavy atom. The van der Waals surface area contributed by atoms with Crippen molar-refractivity contribution in [3.05, 3.63) is 87.6 Å². The van der Waals surface area contributed by atoms with Crippen LogP contribution in [0, 0.1) is 6.92 Å². The van der Waals surface area contributed by atoms with Crippen molar-refractivity contribution in [2.24, 2.45) is 0 Å². The molecule has 1 aliphatic heterocycles. The Kier molecular flexibility index (Phi) is 7.68. The molecule has 0 spiro atoms. The average molecular weight is 477 g/mol. The van der Waals surface area contributed by atoms with Crippen LogP contribution in [0.5, 0.6) is 5.75 Å². The van der Waals surface area contributed by atoms with Crippen LogP contribution in [0.25, 0.3) is 0 Å². The number of nitrogens with zero attached hydrogens (tertiary/aromatic N) is 2. The number of aryl methyl sites for hydroxylation is 1. The normalized spacial score (nSPS) is 15.2. The second-order valence-electron chi connectivity index (χ2n) is 9.01. The van der Waals surface area contributed by atoms with E-state index in [1.165, 1.54) is 4.88 Å². The van der Waals surface area contributed by atoms with Crippen molar-refractivity contribution in [3.63, 3.8) is 0 Å². The van der Waals surface area contributed by atoms with Gasteiger partial charge in [-0.2, -0.15) is 0 Å². The summed E-state index contributed by atoms with van der Waals surface area (Å²) in [6.45, 7) is 7.04. The van der Waals surface area contributed by atoms with Gasteiger partial charge in [0, 0.05) is 17.5 Å². The van der Waals surface area contributed by atoms with Gasteiger partial charge in [-0.05, 0) is 61.4 Å². The highest BCUT2D eigenvalue weighted by Gasteiger charge is 2.34. The number of hydrogen-bond donors (Lipinski definition) is 0. The molecule has 0 aliphatic carbocycles. The van der Waals surface area contributed by atoms with E-state index in [-0.39, 0.29) is 30.4 Å². The Balaban J connectivity index is 1.50. The van der Waals surface area contributed by atoms with Crippen LogP contribution in [0.4, 0.5) is 0 Å². The van der Waals surface area contributed by atoms with E-state index in [0.29, 0.717) is 19.6 Å². The van der Waals surface area contributed by atoms with Crippen molar-refractivity contribution in [1.82, 2.24) is 9.80 Å². The molecule has 3 aromatic rings. The molecule has 0 radical (unpaired) electrons. The summed E-state index contributed by atoms with van der Waals surface area (Å²) in [6.07, 6.45) is 1.13. The van der Waals surface area contributed by atoms with Crippen LogP contribution >= 0.6 is 11.3 Å². The molecule has 0 unspecified atom stereocenters. The van der Waals surface area contributed by atoms with Crippen LogP contribution in [0.1, 0.15) is 41.5 Å². The van der Waals surface area contributed by atoms with E-state index in [2.05, 4.69) is 11.4 Å².